The first kappa shape index (κ1) is 18.3. The predicted octanol–water partition coefficient (Wildman–Crippen LogP) is 5.09. The smallest absolute Gasteiger partial charge is 0.258 e. The Balaban J connectivity index is 1.43. The molecule has 1 aromatic carbocycles. The summed E-state index contributed by atoms with van der Waals surface area (Å²) in [6.45, 7) is 6.63. The van der Waals surface area contributed by atoms with Crippen molar-refractivity contribution in [2.75, 3.05) is 6.61 Å². The number of aromatic nitrogens is 2. The summed E-state index contributed by atoms with van der Waals surface area (Å²) in [4.78, 5) is 21.3. The molecule has 1 N–H and O–H groups in total. The Hall–Kier alpha value is -2.03. The van der Waals surface area contributed by atoms with E-state index < -0.39 is 0 Å². The number of amides is 1. The van der Waals surface area contributed by atoms with Gasteiger partial charge in [0.15, 0.2) is 6.61 Å². The first-order valence-corrected chi connectivity index (χ1v) is 11.2. The zero-order valence-electron chi connectivity index (χ0n) is 15.2. The highest BCUT2D eigenvalue weighted by Crippen LogP contribution is 2.38. The molecule has 8 heteroatoms. The molecule has 0 radical (unpaired) electrons. The van der Waals surface area contributed by atoms with Crippen molar-refractivity contribution >= 4 is 60.2 Å². The number of carbonyl (C=O) groups excluding carboxylic acids is 1. The van der Waals surface area contributed by atoms with Crippen molar-refractivity contribution in [2.45, 2.75) is 33.2 Å². The predicted molar refractivity (Wildman–Crippen MR) is 113 cm³/mol. The van der Waals surface area contributed by atoms with E-state index in [4.69, 9.17) is 4.74 Å². The Bertz CT molecular complexity index is 1110. The van der Waals surface area contributed by atoms with E-state index in [2.05, 4.69) is 29.1 Å². The monoisotopic (exact) mass is 417 g/mol. The van der Waals surface area contributed by atoms with E-state index in [1.165, 1.54) is 0 Å². The molecule has 0 aliphatic carbocycles. The molecule has 3 heterocycles. The molecule has 0 fully saturated rings. The van der Waals surface area contributed by atoms with Gasteiger partial charge in [0.1, 0.15) is 5.75 Å². The molecule has 1 amide bonds. The lowest BCUT2D eigenvalue weighted by Crippen LogP contribution is -2.28. The highest BCUT2D eigenvalue weighted by molar-refractivity contribution is 7.21. The summed E-state index contributed by atoms with van der Waals surface area (Å²) in [5.41, 5.74) is 1.91. The lowest BCUT2D eigenvalue weighted by molar-refractivity contribution is -0.123. The molecule has 0 saturated carbocycles. The molecular weight excluding hydrogens is 398 g/mol. The molecule has 140 valence electrons. The average Bonchev–Trinajstić information content (AvgIpc) is 3.35. The van der Waals surface area contributed by atoms with Crippen LogP contribution in [0.5, 0.6) is 5.75 Å². The third kappa shape index (κ3) is 3.83. The first-order chi connectivity index (χ1) is 13.0. The largest absolute Gasteiger partial charge is 0.483 e. The minimum absolute atomic E-state index is 0.0184. The molecule has 4 rings (SSSR count). The summed E-state index contributed by atoms with van der Waals surface area (Å²) >= 11 is 4.91. The Morgan fingerprint density at radius 2 is 2.15 bits per heavy atom. The molecule has 0 bridgehead atoms. The topological polar surface area (TPSA) is 64.1 Å². The molecule has 0 aliphatic heterocycles. The van der Waals surface area contributed by atoms with Gasteiger partial charge >= 0.3 is 0 Å². The van der Waals surface area contributed by atoms with Crippen molar-refractivity contribution < 1.29 is 9.53 Å². The lowest BCUT2D eigenvalue weighted by atomic mass is 10.2. The summed E-state index contributed by atoms with van der Waals surface area (Å²) in [5.74, 6) is 0.979. The van der Waals surface area contributed by atoms with E-state index in [0.717, 1.165) is 41.8 Å². The molecule has 0 atom stereocenters. The molecule has 5 nitrogen and oxygen atoms in total. The fraction of sp³-hybridized carbons (Fsp3) is 0.316. The maximum atomic E-state index is 12.2. The number of nitrogens with zero attached hydrogens (tertiary/aromatic N) is 2. The third-order valence-electron chi connectivity index (χ3n) is 4.06. The minimum Gasteiger partial charge on any atom is -0.483 e. The van der Waals surface area contributed by atoms with Crippen LogP contribution in [0.15, 0.2) is 22.9 Å². The second kappa shape index (κ2) is 7.53. The van der Waals surface area contributed by atoms with Crippen LogP contribution in [0.3, 0.4) is 0 Å². The second-order valence-electron chi connectivity index (χ2n) is 6.51. The van der Waals surface area contributed by atoms with Crippen LogP contribution < -0.4 is 10.1 Å². The van der Waals surface area contributed by atoms with Gasteiger partial charge in [0, 0.05) is 22.8 Å². The van der Waals surface area contributed by atoms with Crippen LogP contribution >= 0.6 is 34.0 Å². The van der Waals surface area contributed by atoms with Gasteiger partial charge in [-0.25, -0.2) is 9.97 Å². The Morgan fingerprint density at radius 3 is 2.93 bits per heavy atom. The van der Waals surface area contributed by atoms with Crippen LogP contribution in [-0.4, -0.2) is 22.5 Å². The van der Waals surface area contributed by atoms with Crippen LogP contribution in [0.2, 0.25) is 0 Å². The number of hydrogen-bond acceptors (Lipinski definition) is 7. The Morgan fingerprint density at radius 1 is 1.30 bits per heavy atom. The van der Waals surface area contributed by atoms with E-state index >= 15 is 0 Å². The summed E-state index contributed by atoms with van der Waals surface area (Å²) < 4.78 is 8.04. The molecule has 27 heavy (non-hydrogen) atoms. The van der Waals surface area contributed by atoms with Gasteiger partial charge < -0.3 is 10.1 Å². The summed E-state index contributed by atoms with van der Waals surface area (Å²) in [6, 6.07) is 4.00. The zero-order chi connectivity index (χ0) is 19.0. The van der Waals surface area contributed by atoms with Crippen molar-refractivity contribution in [2.24, 2.45) is 0 Å². The fourth-order valence-corrected chi connectivity index (χ4v) is 5.43. The van der Waals surface area contributed by atoms with Gasteiger partial charge in [-0.3, -0.25) is 4.79 Å². The van der Waals surface area contributed by atoms with Crippen molar-refractivity contribution in [3.05, 3.63) is 38.6 Å². The van der Waals surface area contributed by atoms with E-state index in [0.29, 0.717) is 12.5 Å². The van der Waals surface area contributed by atoms with Crippen molar-refractivity contribution in [1.29, 1.82) is 0 Å². The zero-order valence-corrected chi connectivity index (χ0v) is 17.7. The van der Waals surface area contributed by atoms with Gasteiger partial charge in [-0.2, -0.15) is 0 Å². The SMILES string of the molecule is Cc1nc2c(cc(OCC(=O)NCc3csc(C(C)C)n3)c3ccsc32)s1. The van der Waals surface area contributed by atoms with Gasteiger partial charge in [0.2, 0.25) is 0 Å². The molecule has 0 aliphatic rings. The standard InChI is InChI=1S/C19H19N3O2S3/c1-10(2)19-22-12(9-26-19)7-20-16(23)8-24-14-6-15-17(21-11(3)27-15)18-13(14)4-5-25-18/h4-6,9-10H,7-8H2,1-3H3,(H,20,23). The van der Waals surface area contributed by atoms with E-state index in [1.54, 1.807) is 34.0 Å². The number of ether oxygens (including phenoxy) is 1. The maximum Gasteiger partial charge on any atom is 0.258 e. The number of nitrogens with one attached hydrogen (secondary N) is 1. The fourth-order valence-electron chi connectivity index (χ4n) is 2.76. The Kier molecular flexibility index (Phi) is 5.12. The minimum atomic E-state index is -0.155. The molecule has 0 unspecified atom stereocenters. The van der Waals surface area contributed by atoms with Crippen LogP contribution in [0.25, 0.3) is 20.3 Å². The number of thiophene rings is 1. The Labute approximate surface area is 169 Å². The van der Waals surface area contributed by atoms with Crippen molar-refractivity contribution in [1.82, 2.24) is 15.3 Å². The number of benzene rings is 1. The second-order valence-corrected chi connectivity index (χ2v) is 9.56. The number of fused-ring (bicyclic) bond motifs is 3. The third-order valence-corrected chi connectivity index (χ3v) is 7.09. The average molecular weight is 418 g/mol. The number of aryl methyl sites for hydroxylation is 1. The van der Waals surface area contributed by atoms with E-state index in [1.807, 2.05) is 29.8 Å². The summed E-state index contributed by atoms with van der Waals surface area (Å²) in [6.07, 6.45) is 0. The normalized spacial score (nSPS) is 11.6. The molecule has 3 aromatic heterocycles. The molecule has 0 saturated heterocycles. The number of thiazole rings is 2. The molecular formula is C19H19N3O2S3. The van der Waals surface area contributed by atoms with E-state index in [-0.39, 0.29) is 12.5 Å². The van der Waals surface area contributed by atoms with Crippen LogP contribution in [0, 0.1) is 6.92 Å². The molecule has 4 aromatic rings. The van der Waals surface area contributed by atoms with Gasteiger partial charge in [0.05, 0.1) is 37.2 Å². The quantitative estimate of drug-likeness (QED) is 0.474. The highest BCUT2D eigenvalue weighted by Gasteiger charge is 2.14. The van der Waals surface area contributed by atoms with Gasteiger partial charge in [-0.1, -0.05) is 13.8 Å². The van der Waals surface area contributed by atoms with Crippen LogP contribution in [0.4, 0.5) is 0 Å². The maximum absolute atomic E-state index is 12.2. The number of carbonyl (C=O) groups is 1. The van der Waals surface area contributed by atoms with Crippen LogP contribution in [0.1, 0.15) is 35.5 Å². The summed E-state index contributed by atoms with van der Waals surface area (Å²) in [7, 11) is 0. The van der Waals surface area contributed by atoms with Crippen molar-refractivity contribution in [3.63, 3.8) is 0 Å². The van der Waals surface area contributed by atoms with Gasteiger partial charge in [-0.15, -0.1) is 34.0 Å². The van der Waals surface area contributed by atoms with E-state index in [9.17, 15) is 4.79 Å². The highest BCUT2D eigenvalue weighted by atomic mass is 32.1. The van der Waals surface area contributed by atoms with Crippen LogP contribution in [-0.2, 0) is 11.3 Å². The lowest BCUT2D eigenvalue weighted by Gasteiger charge is -2.08. The van der Waals surface area contributed by atoms with Gasteiger partial charge in [0.25, 0.3) is 5.91 Å². The van der Waals surface area contributed by atoms with Crippen molar-refractivity contribution in [3.8, 4) is 5.75 Å². The summed E-state index contributed by atoms with van der Waals surface area (Å²) in [5, 5.41) is 10.0. The molecule has 0 spiro atoms. The number of hydrogen-bond donors (Lipinski definition) is 1. The number of rotatable bonds is 6. The first-order valence-electron chi connectivity index (χ1n) is 8.62. The van der Waals surface area contributed by atoms with Gasteiger partial charge in [-0.05, 0) is 18.4 Å².